The molecule has 134 valence electrons. The molecule has 1 aliphatic heterocycles. The molecule has 6 nitrogen and oxygen atoms in total. The van der Waals surface area contributed by atoms with Crippen LogP contribution in [-0.4, -0.2) is 45.4 Å². The lowest BCUT2D eigenvalue weighted by molar-refractivity contribution is 0.153. The lowest BCUT2D eigenvalue weighted by atomic mass is 10.1. The van der Waals surface area contributed by atoms with Crippen LogP contribution in [0.3, 0.4) is 0 Å². The van der Waals surface area contributed by atoms with Gasteiger partial charge in [0, 0.05) is 23.7 Å². The van der Waals surface area contributed by atoms with E-state index in [2.05, 4.69) is 20.5 Å². The van der Waals surface area contributed by atoms with E-state index in [9.17, 15) is 9.18 Å². The zero-order chi connectivity index (χ0) is 18.1. The number of alkyl halides is 1. The Balaban J connectivity index is 1.57. The lowest BCUT2D eigenvalue weighted by Crippen LogP contribution is -2.43. The van der Waals surface area contributed by atoms with E-state index in [-0.39, 0.29) is 12.6 Å². The minimum Gasteiger partial charge on any atom is -0.322 e. The topological polar surface area (TPSA) is 71.0 Å². The molecule has 2 aromatic heterocycles. The second kappa shape index (κ2) is 6.95. The molecule has 1 N–H and O–H groups in total. The number of pyridine rings is 1. The SMILES string of the molecule is Cc1nnc(-c2ccc3cnc(NC(=O)N4CCC[C@@H](F)C4)cc3c2)s1. The molecular formula is C18H18FN5OS. The first-order chi connectivity index (χ1) is 12.6. The van der Waals surface area contributed by atoms with Gasteiger partial charge in [0.15, 0.2) is 0 Å². The van der Waals surface area contributed by atoms with Gasteiger partial charge in [0.2, 0.25) is 0 Å². The second-order valence-electron chi connectivity index (χ2n) is 6.37. The fourth-order valence-corrected chi connectivity index (χ4v) is 3.74. The van der Waals surface area contributed by atoms with Crippen molar-refractivity contribution in [1.29, 1.82) is 0 Å². The van der Waals surface area contributed by atoms with Crippen LogP contribution in [0, 0.1) is 6.92 Å². The van der Waals surface area contributed by atoms with E-state index in [1.807, 2.05) is 31.2 Å². The number of nitrogens with zero attached hydrogens (tertiary/aromatic N) is 4. The average Bonchev–Trinajstić information content (AvgIpc) is 3.07. The third kappa shape index (κ3) is 3.50. The van der Waals surface area contributed by atoms with E-state index in [4.69, 9.17) is 0 Å². The monoisotopic (exact) mass is 371 g/mol. The van der Waals surface area contributed by atoms with Crippen molar-refractivity contribution in [3.05, 3.63) is 35.5 Å². The van der Waals surface area contributed by atoms with Crippen molar-refractivity contribution < 1.29 is 9.18 Å². The number of hydrogen-bond donors (Lipinski definition) is 1. The van der Waals surface area contributed by atoms with E-state index in [0.717, 1.165) is 26.4 Å². The normalized spacial score (nSPS) is 17.5. The summed E-state index contributed by atoms with van der Waals surface area (Å²) in [6.07, 6.45) is 1.97. The Hall–Kier alpha value is -2.61. The molecule has 0 bridgehead atoms. The minimum atomic E-state index is -0.947. The van der Waals surface area contributed by atoms with Crippen molar-refractivity contribution in [1.82, 2.24) is 20.1 Å². The Morgan fingerprint density at radius 1 is 1.31 bits per heavy atom. The fraction of sp³-hybridized carbons (Fsp3) is 0.333. The first-order valence-corrected chi connectivity index (χ1v) is 9.30. The third-order valence-corrected chi connectivity index (χ3v) is 5.27. The molecule has 1 aliphatic rings. The number of piperidine rings is 1. The van der Waals surface area contributed by atoms with Gasteiger partial charge in [-0.3, -0.25) is 5.32 Å². The molecule has 8 heteroatoms. The predicted octanol–water partition coefficient (Wildman–Crippen LogP) is 4.03. The Morgan fingerprint density at radius 2 is 2.19 bits per heavy atom. The summed E-state index contributed by atoms with van der Waals surface area (Å²) < 4.78 is 13.5. The Kier molecular flexibility index (Phi) is 4.50. The molecule has 1 atom stereocenters. The van der Waals surface area contributed by atoms with Crippen molar-refractivity contribution in [2.45, 2.75) is 25.9 Å². The third-order valence-electron chi connectivity index (χ3n) is 4.38. The average molecular weight is 371 g/mol. The summed E-state index contributed by atoms with van der Waals surface area (Å²) in [6.45, 7) is 2.63. The van der Waals surface area contributed by atoms with Crippen LogP contribution in [-0.2, 0) is 0 Å². The highest BCUT2D eigenvalue weighted by Gasteiger charge is 2.23. The summed E-state index contributed by atoms with van der Waals surface area (Å²) in [4.78, 5) is 18.1. The highest BCUT2D eigenvalue weighted by molar-refractivity contribution is 7.14. The summed E-state index contributed by atoms with van der Waals surface area (Å²) in [7, 11) is 0. The van der Waals surface area contributed by atoms with Gasteiger partial charge >= 0.3 is 6.03 Å². The second-order valence-corrected chi connectivity index (χ2v) is 7.56. The molecule has 1 saturated heterocycles. The van der Waals surface area contributed by atoms with Gasteiger partial charge in [-0.1, -0.05) is 23.5 Å². The highest BCUT2D eigenvalue weighted by Crippen LogP contribution is 2.27. The number of aromatic nitrogens is 3. The van der Waals surface area contributed by atoms with Crippen LogP contribution in [0.25, 0.3) is 21.3 Å². The maximum atomic E-state index is 13.5. The number of hydrogen-bond acceptors (Lipinski definition) is 5. The Morgan fingerprint density at radius 3 is 2.96 bits per heavy atom. The molecule has 3 aromatic rings. The Bertz CT molecular complexity index is 960. The van der Waals surface area contributed by atoms with Crippen molar-refractivity contribution in [2.24, 2.45) is 0 Å². The van der Waals surface area contributed by atoms with Crippen molar-refractivity contribution in [2.75, 3.05) is 18.4 Å². The lowest BCUT2D eigenvalue weighted by Gasteiger charge is -2.28. The molecule has 0 radical (unpaired) electrons. The number of halogens is 1. The van der Waals surface area contributed by atoms with Crippen molar-refractivity contribution >= 4 is 34.0 Å². The van der Waals surface area contributed by atoms with E-state index < -0.39 is 6.17 Å². The van der Waals surface area contributed by atoms with Crippen LogP contribution in [0.1, 0.15) is 17.8 Å². The van der Waals surface area contributed by atoms with Crippen molar-refractivity contribution in [3.8, 4) is 10.6 Å². The molecule has 4 rings (SSSR count). The highest BCUT2D eigenvalue weighted by atomic mass is 32.1. The molecule has 1 aromatic carbocycles. The molecule has 1 fully saturated rings. The van der Waals surface area contributed by atoms with Gasteiger partial charge < -0.3 is 4.90 Å². The maximum Gasteiger partial charge on any atom is 0.323 e. The van der Waals surface area contributed by atoms with Crippen molar-refractivity contribution in [3.63, 3.8) is 0 Å². The van der Waals surface area contributed by atoms with Crippen LogP contribution < -0.4 is 5.32 Å². The molecule has 0 unspecified atom stereocenters. The van der Waals surface area contributed by atoms with Crippen LogP contribution in [0.4, 0.5) is 15.0 Å². The summed E-state index contributed by atoms with van der Waals surface area (Å²) in [5.74, 6) is 0.453. The molecule has 26 heavy (non-hydrogen) atoms. The summed E-state index contributed by atoms with van der Waals surface area (Å²) in [6, 6.07) is 7.47. The number of aryl methyl sites for hydroxylation is 1. The van der Waals surface area contributed by atoms with Gasteiger partial charge in [-0.2, -0.15) is 0 Å². The largest absolute Gasteiger partial charge is 0.323 e. The molecule has 0 saturated carbocycles. The number of rotatable bonds is 2. The number of anilines is 1. The predicted molar refractivity (Wildman–Crippen MR) is 100 cm³/mol. The van der Waals surface area contributed by atoms with Gasteiger partial charge in [0.1, 0.15) is 22.0 Å². The molecular weight excluding hydrogens is 353 g/mol. The number of carbonyl (C=O) groups is 1. The maximum absolute atomic E-state index is 13.5. The van der Waals surface area contributed by atoms with Gasteiger partial charge in [0.05, 0.1) is 6.54 Å². The van der Waals surface area contributed by atoms with E-state index >= 15 is 0 Å². The molecule has 0 aliphatic carbocycles. The summed E-state index contributed by atoms with van der Waals surface area (Å²) in [5, 5.41) is 14.7. The van der Waals surface area contributed by atoms with E-state index in [1.54, 1.807) is 6.20 Å². The first-order valence-electron chi connectivity index (χ1n) is 8.49. The van der Waals surface area contributed by atoms with Crippen LogP contribution in [0.15, 0.2) is 30.5 Å². The fourth-order valence-electron chi connectivity index (χ4n) is 3.05. The Labute approximate surface area is 154 Å². The minimum absolute atomic E-state index is 0.139. The number of benzene rings is 1. The van der Waals surface area contributed by atoms with Crippen LogP contribution in [0.5, 0.6) is 0 Å². The zero-order valence-electron chi connectivity index (χ0n) is 14.3. The number of likely N-dealkylation sites (tertiary alicyclic amines) is 1. The quantitative estimate of drug-likeness (QED) is 0.738. The number of carbonyl (C=O) groups excluding carboxylic acids is 1. The van der Waals surface area contributed by atoms with Crippen LogP contribution >= 0.6 is 11.3 Å². The summed E-state index contributed by atoms with van der Waals surface area (Å²) in [5.41, 5.74) is 0.975. The van der Waals surface area contributed by atoms with Gasteiger partial charge in [0.25, 0.3) is 0 Å². The van der Waals surface area contributed by atoms with Gasteiger partial charge in [-0.15, -0.1) is 10.2 Å². The number of urea groups is 1. The molecule has 0 spiro atoms. The number of fused-ring (bicyclic) bond motifs is 1. The van der Waals surface area contributed by atoms with Gasteiger partial charge in [-0.25, -0.2) is 14.2 Å². The summed E-state index contributed by atoms with van der Waals surface area (Å²) >= 11 is 1.53. The standard InChI is InChI=1S/C18H18FN5OS/c1-11-22-23-17(26-11)12-4-5-13-9-20-16(8-14(13)7-12)21-18(25)24-6-2-3-15(19)10-24/h4-5,7-9,15H,2-3,6,10H2,1H3,(H,20,21,25)/t15-/m1/s1. The van der Waals surface area contributed by atoms with E-state index in [1.165, 1.54) is 16.2 Å². The number of nitrogens with one attached hydrogen (secondary N) is 1. The number of amides is 2. The molecule has 2 amide bonds. The van der Waals surface area contributed by atoms with Gasteiger partial charge in [-0.05, 0) is 37.3 Å². The smallest absolute Gasteiger partial charge is 0.322 e. The first kappa shape index (κ1) is 16.8. The van der Waals surface area contributed by atoms with Crippen LogP contribution in [0.2, 0.25) is 0 Å². The zero-order valence-corrected chi connectivity index (χ0v) is 15.1. The molecule has 3 heterocycles. The van der Waals surface area contributed by atoms with E-state index in [0.29, 0.717) is 25.2 Å².